The van der Waals surface area contributed by atoms with E-state index < -0.39 is 18.5 Å². The Morgan fingerprint density at radius 3 is 2.75 bits per heavy atom. The van der Waals surface area contributed by atoms with Crippen LogP contribution >= 0.6 is 11.6 Å². The Hall–Kier alpha value is 0.130. The van der Waals surface area contributed by atoms with Crippen molar-refractivity contribution >= 4 is 11.6 Å². The first-order chi connectivity index (χ1) is 5.69. The van der Waals surface area contributed by atoms with Crippen LogP contribution in [0, 0.1) is 0 Å². The van der Waals surface area contributed by atoms with Crippen molar-refractivity contribution in [3.8, 4) is 0 Å². The summed E-state index contributed by atoms with van der Waals surface area (Å²) in [6, 6.07) is 0. The monoisotopic (exact) mass is 196 g/mol. The molecule has 3 unspecified atom stereocenters. The molecule has 1 heterocycles. The molecule has 12 heavy (non-hydrogen) atoms. The smallest absolute Gasteiger partial charge is 0.185 e. The number of rotatable bonds is 2. The Morgan fingerprint density at radius 1 is 1.58 bits per heavy atom. The van der Waals surface area contributed by atoms with Gasteiger partial charge >= 0.3 is 0 Å². The molecular weight excluding hydrogens is 184 g/mol. The molecular formula is C7H13ClO4. The van der Waals surface area contributed by atoms with E-state index >= 15 is 0 Å². The van der Waals surface area contributed by atoms with Crippen molar-refractivity contribution < 1.29 is 19.7 Å². The minimum Gasteiger partial charge on any atom is -0.390 e. The number of aliphatic hydroxyl groups excluding tert-OH is 2. The fraction of sp³-hybridized carbons (Fsp3) is 1.00. The molecule has 72 valence electrons. The zero-order valence-corrected chi connectivity index (χ0v) is 7.57. The maximum absolute atomic E-state index is 9.31. The van der Waals surface area contributed by atoms with Gasteiger partial charge in [-0.2, -0.15) is 0 Å². The second kappa shape index (κ2) is 4.39. The van der Waals surface area contributed by atoms with Crippen LogP contribution < -0.4 is 0 Å². The van der Waals surface area contributed by atoms with Gasteiger partial charge in [-0.15, -0.1) is 11.6 Å². The van der Waals surface area contributed by atoms with Crippen LogP contribution in [0.2, 0.25) is 0 Å². The highest BCUT2D eigenvalue weighted by atomic mass is 35.5. The fourth-order valence-electron chi connectivity index (χ4n) is 1.21. The molecule has 4 atom stereocenters. The van der Waals surface area contributed by atoms with E-state index in [4.69, 9.17) is 21.1 Å². The fourth-order valence-corrected chi connectivity index (χ4v) is 1.41. The van der Waals surface area contributed by atoms with E-state index in [1.165, 1.54) is 7.11 Å². The Labute approximate surface area is 76.0 Å². The summed E-state index contributed by atoms with van der Waals surface area (Å²) in [7, 11) is 1.41. The van der Waals surface area contributed by atoms with E-state index in [-0.39, 0.29) is 6.10 Å². The van der Waals surface area contributed by atoms with Gasteiger partial charge in [-0.3, -0.25) is 0 Å². The van der Waals surface area contributed by atoms with Crippen LogP contribution in [0.3, 0.4) is 0 Å². The first-order valence-electron chi connectivity index (χ1n) is 3.79. The number of ether oxygens (including phenoxy) is 2. The molecule has 1 rings (SSSR count). The molecule has 0 bridgehead atoms. The lowest BCUT2D eigenvalue weighted by Crippen LogP contribution is -2.49. The van der Waals surface area contributed by atoms with E-state index in [2.05, 4.69) is 0 Å². The third-order valence-corrected chi connectivity index (χ3v) is 2.25. The molecule has 1 fully saturated rings. The molecule has 1 saturated heterocycles. The summed E-state index contributed by atoms with van der Waals surface area (Å²) in [6.07, 6.45) is -2.45. The van der Waals surface area contributed by atoms with E-state index in [0.717, 1.165) is 0 Å². The van der Waals surface area contributed by atoms with Crippen LogP contribution in [0.5, 0.6) is 0 Å². The molecule has 0 aliphatic carbocycles. The molecule has 0 saturated carbocycles. The van der Waals surface area contributed by atoms with Gasteiger partial charge in [0.05, 0.1) is 12.2 Å². The van der Waals surface area contributed by atoms with E-state index in [1.807, 2.05) is 0 Å². The van der Waals surface area contributed by atoms with Gasteiger partial charge in [0, 0.05) is 19.4 Å². The highest BCUT2D eigenvalue weighted by Gasteiger charge is 2.36. The van der Waals surface area contributed by atoms with Crippen molar-refractivity contribution in [1.29, 1.82) is 0 Å². The zero-order chi connectivity index (χ0) is 9.14. The molecule has 0 aromatic heterocycles. The topological polar surface area (TPSA) is 58.9 Å². The van der Waals surface area contributed by atoms with Crippen LogP contribution in [0.15, 0.2) is 0 Å². The maximum atomic E-state index is 9.31. The van der Waals surface area contributed by atoms with Crippen molar-refractivity contribution in [1.82, 2.24) is 0 Å². The second-order valence-electron chi connectivity index (χ2n) is 2.81. The van der Waals surface area contributed by atoms with Crippen molar-refractivity contribution in [3.05, 3.63) is 0 Å². The minimum atomic E-state index is -0.977. The Bertz CT molecular complexity index is 143. The van der Waals surface area contributed by atoms with Crippen LogP contribution in [0.4, 0.5) is 0 Å². The molecule has 1 aliphatic rings. The Morgan fingerprint density at radius 2 is 2.25 bits per heavy atom. The Kier molecular flexibility index (Phi) is 3.74. The second-order valence-corrected chi connectivity index (χ2v) is 3.12. The highest BCUT2D eigenvalue weighted by molar-refractivity contribution is 6.18. The number of halogens is 1. The summed E-state index contributed by atoms with van der Waals surface area (Å²) in [5, 5.41) is 18.6. The van der Waals surface area contributed by atoms with E-state index in [0.29, 0.717) is 12.3 Å². The van der Waals surface area contributed by atoms with Gasteiger partial charge in [0.25, 0.3) is 0 Å². The molecule has 4 nitrogen and oxygen atoms in total. The summed E-state index contributed by atoms with van der Waals surface area (Å²) in [5.41, 5.74) is 0. The van der Waals surface area contributed by atoms with Gasteiger partial charge in [-0.1, -0.05) is 0 Å². The lowest BCUT2D eigenvalue weighted by atomic mass is 10.0. The number of hydrogen-bond acceptors (Lipinski definition) is 4. The normalized spacial score (nSPS) is 43.0. The molecule has 2 N–H and O–H groups in total. The van der Waals surface area contributed by atoms with Gasteiger partial charge in [0.15, 0.2) is 6.29 Å². The van der Waals surface area contributed by atoms with E-state index in [9.17, 15) is 10.2 Å². The average molecular weight is 197 g/mol. The molecule has 5 heteroatoms. The molecule has 0 aromatic carbocycles. The van der Waals surface area contributed by atoms with Gasteiger partial charge in [-0.05, 0) is 0 Å². The third kappa shape index (κ3) is 2.08. The van der Waals surface area contributed by atoms with Crippen LogP contribution in [0.25, 0.3) is 0 Å². The number of aliphatic hydroxyl groups is 2. The SMILES string of the molecule is COC1OC(CCl)C[C@@H](O)C1O. The summed E-state index contributed by atoms with van der Waals surface area (Å²) >= 11 is 5.54. The first-order valence-corrected chi connectivity index (χ1v) is 4.32. The van der Waals surface area contributed by atoms with Crippen LogP contribution in [0.1, 0.15) is 6.42 Å². The lowest BCUT2D eigenvalue weighted by Gasteiger charge is -2.35. The lowest BCUT2D eigenvalue weighted by molar-refractivity contribution is -0.253. The molecule has 0 radical (unpaired) electrons. The molecule has 0 aromatic rings. The van der Waals surface area contributed by atoms with E-state index in [1.54, 1.807) is 0 Å². The van der Waals surface area contributed by atoms with Gasteiger partial charge in [0.1, 0.15) is 6.10 Å². The van der Waals surface area contributed by atoms with Crippen molar-refractivity contribution in [2.24, 2.45) is 0 Å². The maximum Gasteiger partial charge on any atom is 0.185 e. The van der Waals surface area contributed by atoms with Crippen LogP contribution in [-0.2, 0) is 9.47 Å². The van der Waals surface area contributed by atoms with Gasteiger partial charge in [0.2, 0.25) is 0 Å². The molecule has 1 aliphatic heterocycles. The molecule has 0 spiro atoms. The highest BCUT2D eigenvalue weighted by Crippen LogP contribution is 2.21. The number of hydrogen-bond donors (Lipinski definition) is 2. The largest absolute Gasteiger partial charge is 0.390 e. The summed E-state index contributed by atoms with van der Waals surface area (Å²) in [5.74, 6) is 0.295. The number of methoxy groups -OCH3 is 1. The van der Waals surface area contributed by atoms with Crippen molar-refractivity contribution in [2.75, 3.05) is 13.0 Å². The van der Waals surface area contributed by atoms with Gasteiger partial charge in [-0.25, -0.2) is 0 Å². The standard InChI is InChI=1S/C7H13ClO4/c1-11-7-6(10)5(9)2-4(3-8)12-7/h4-7,9-10H,2-3H2,1H3/t4?,5-,6?,7?/m1/s1. The predicted octanol–water partition coefficient (Wildman–Crippen LogP) is -0.292. The van der Waals surface area contributed by atoms with Crippen LogP contribution in [-0.4, -0.2) is 47.8 Å². The summed E-state index contributed by atoms with van der Waals surface area (Å²) in [4.78, 5) is 0. The van der Waals surface area contributed by atoms with Crippen molar-refractivity contribution in [2.45, 2.75) is 31.0 Å². The summed E-state index contributed by atoms with van der Waals surface area (Å²) in [6.45, 7) is 0. The number of alkyl halides is 1. The van der Waals surface area contributed by atoms with Crippen molar-refractivity contribution in [3.63, 3.8) is 0 Å². The zero-order valence-electron chi connectivity index (χ0n) is 6.81. The minimum absolute atomic E-state index is 0.241. The predicted molar refractivity (Wildman–Crippen MR) is 43.0 cm³/mol. The average Bonchev–Trinajstić information content (AvgIpc) is 2.09. The molecule has 0 amide bonds. The summed E-state index contributed by atoms with van der Waals surface area (Å²) < 4.78 is 10.0. The van der Waals surface area contributed by atoms with Gasteiger partial charge < -0.3 is 19.7 Å². The quantitative estimate of drug-likeness (QED) is 0.596. The Balaban J connectivity index is 2.52. The first kappa shape index (κ1) is 10.2. The third-order valence-electron chi connectivity index (χ3n) is 1.91.